The maximum atomic E-state index is 10.7. The third-order valence-corrected chi connectivity index (χ3v) is 3.03. The molecule has 1 aromatic heterocycles. The highest BCUT2D eigenvalue weighted by Crippen LogP contribution is 2.33. The van der Waals surface area contributed by atoms with Crippen LogP contribution in [-0.4, -0.2) is 14.9 Å². The van der Waals surface area contributed by atoms with Crippen molar-refractivity contribution in [2.75, 3.05) is 0 Å². The molecular weight excluding hydrogens is 194 g/mol. The maximum Gasteiger partial charge on any atom is 0.343 e. The standard InChI is InChI=1S/C10H15N3O2/c1-2-8-10(13(14)15)12-9(11-8)7-5-3-4-6-7/h7H,2-6H2,1H3,(H,11,12). The molecule has 0 spiro atoms. The van der Waals surface area contributed by atoms with Crippen LogP contribution in [0.3, 0.4) is 0 Å². The van der Waals surface area contributed by atoms with Gasteiger partial charge in [-0.25, -0.2) is 9.97 Å². The van der Waals surface area contributed by atoms with Crippen molar-refractivity contribution in [3.05, 3.63) is 21.6 Å². The van der Waals surface area contributed by atoms with E-state index >= 15 is 0 Å². The Hall–Kier alpha value is -1.39. The third-order valence-electron chi connectivity index (χ3n) is 3.03. The molecule has 5 nitrogen and oxygen atoms in total. The fourth-order valence-corrected chi connectivity index (χ4v) is 2.21. The molecule has 2 rings (SSSR count). The lowest BCUT2D eigenvalue weighted by Gasteiger charge is -1.99. The molecule has 0 saturated heterocycles. The van der Waals surface area contributed by atoms with E-state index in [2.05, 4.69) is 9.97 Å². The predicted octanol–water partition coefficient (Wildman–Crippen LogP) is 2.54. The van der Waals surface area contributed by atoms with E-state index in [-0.39, 0.29) is 10.7 Å². The van der Waals surface area contributed by atoms with Gasteiger partial charge in [0.25, 0.3) is 0 Å². The predicted molar refractivity (Wildman–Crippen MR) is 55.8 cm³/mol. The second-order valence-electron chi connectivity index (χ2n) is 4.01. The van der Waals surface area contributed by atoms with Gasteiger partial charge in [0.1, 0.15) is 5.69 Å². The second kappa shape index (κ2) is 4.00. The molecule has 0 radical (unpaired) electrons. The Morgan fingerprint density at radius 1 is 1.53 bits per heavy atom. The van der Waals surface area contributed by atoms with Crippen LogP contribution in [0.25, 0.3) is 0 Å². The van der Waals surface area contributed by atoms with Crippen molar-refractivity contribution in [3.63, 3.8) is 0 Å². The Labute approximate surface area is 88.1 Å². The fourth-order valence-electron chi connectivity index (χ4n) is 2.21. The van der Waals surface area contributed by atoms with Crippen molar-refractivity contribution >= 4 is 5.82 Å². The number of nitrogens with one attached hydrogen (secondary N) is 1. The van der Waals surface area contributed by atoms with Crippen LogP contribution in [0.4, 0.5) is 5.82 Å². The quantitative estimate of drug-likeness (QED) is 0.614. The van der Waals surface area contributed by atoms with Crippen LogP contribution in [0.5, 0.6) is 0 Å². The number of hydrogen-bond donors (Lipinski definition) is 1. The Morgan fingerprint density at radius 2 is 2.20 bits per heavy atom. The molecule has 5 heteroatoms. The molecular formula is C10H15N3O2. The van der Waals surface area contributed by atoms with E-state index in [9.17, 15) is 10.1 Å². The highest BCUT2D eigenvalue weighted by molar-refractivity contribution is 5.29. The lowest BCUT2D eigenvalue weighted by atomic mass is 10.1. The van der Waals surface area contributed by atoms with Crippen molar-refractivity contribution in [1.29, 1.82) is 0 Å². The summed E-state index contributed by atoms with van der Waals surface area (Å²) in [5.74, 6) is 1.31. The minimum absolute atomic E-state index is 0.0828. The lowest BCUT2D eigenvalue weighted by Crippen LogP contribution is -1.95. The van der Waals surface area contributed by atoms with Crippen molar-refractivity contribution in [3.8, 4) is 0 Å². The molecule has 0 bridgehead atoms. The number of aromatic amines is 1. The first-order valence-corrected chi connectivity index (χ1v) is 5.45. The number of hydrogen-bond acceptors (Lipinski definition) is 3. The first kappa shape index (κ1) is 10.1. The molecule has 82 valence electrons. The van der Waals surface area contributed by atoms with E-state index in [0.717, 1.165) is 18.7 Å². The largest absolute Gasteiger partial charge is 0.358 e. The molecule has 1 aliphatic carbocycles. The maximum absolute atomic E-state index is 10.7. The van der Waals surface area contributed by atoms with Gasteiger partial charge in [0.2, 0.25) is 0 Å². The summed E-state index contributed by atoms with van der Waals surface area (Å²) < 4.78 is 0. The number of rotatable bonds is 3. The molecule has 1 aromatic rings. The minimum Gasteiger partial charge on any atom is -0.358 e. The van der Waals surface area contributed by atoms with E-state index in [4.69, 9.17) is 0 Å². The summed E-state index contributed by atoms with van der Waals surface area (Å²) in [5.41, 5.74) is 0.585. The summed E-state index contributed by atoms with van der Waals surface area (Å²) in [7, 11) is 0. The summed E-state index contributed by atoms with van der Waals surface area (Å²) in [6.45, 7) is 1.89. The molecule has 0 atom stereocenters. The van der Waals surface area contributed by atoms with Gasteiger partial charge in [-0.05, 0) is 24.2 Å². The molecule has 1 saturated carbocycles. The normalized spacial score (nSPS) is 17.1. The Kier molecular flexibility index (Phi) is 2.70. The smallest absolute Gasteiger partial charge is 0.343 e. The van der Waals surface area contributed by atoms with Crippen LogP contribution in [0.15, 0.2) is 0 Å². The van der Waals surface area contributed by atoms with Gasteiger partial charge in [0.15, 0.2) is 5.82 Å². The van der Waals surface area contributed by atoms with Crippen LogP contribution >= 0.6 is 0 Å². The van der Waals surface area contributed by atoms with Gasteiger partial charge in [-0.2, -0.15) is 0 Å². The van der Waals surface area contributed by atoms with Crippen LogP contribution in [0, 0.1) is 10.1 Å². The number of imidazole rings is 1. The van der Waals surface area contributed by atoms with Gasteiger partial charge in [-0.3, -0.25) is 0 Å². The number of aromatic nitrogens is 2. The van der Waals surface area contributed by atoms with Crippen molar-refractivity contribution in [2.24, 2.45) is 0 Å². The zero-order chi connectivity index (χ0) is 10.8. The summed E-state index contributed by atoms with van der Waals surface area (Å²) in [6.07, 6.45) is 5.24. The third kappa shape index (κ3) is 1.86. The topological polar surface area (TPSA) is 71.8 Å². The van der Waals surface area contributed by atoms with Crippen LogP contribution in [0.2, 0.25) is 0 Å². The Morgan fingerprint density at radius 3 is 2.67 bits per heavy atom. The van der Waals surface area contributed by atoms with Gasteiger partial charge in [-0.15, -0.1) is 0 Å². The van der Waals surface area contributed by atoms with E-state index in [0.29, 0.717) is 18.0 Å². The zero-order valence-corrected chi connectivity index (χ0v) is 8.82. The molecule has 1 fully saturated rings. The first-order valence-electron chi connectivity index (χ1n) is 5.45. The molecule has 1 N–H and O–H groups in total. The zero-order valence-electron chi connectivity index (χ0n) is 8.82. The van der Waals surface area contributed by atoms with Crippen LogP contribution in [-0.2, 0) is 6.42 Å². The molecule has 0 aromatic carbocycles. The van der Waals surface area contributed by atoms with Crippen LogP contribution < -0.4 is 0 Å². The molecule has 1 aliphatic rings. The molecule has 1 heterocycles. The van der Waals surface area contributed by atoms with Gasteiger partial charge in [-0.1, -0.05) is 19.8 Å². The fraction of sp³-hybridized carbons (Fsp3) is 0.700. The van der Waals surface area contributed by atoms with E-state index in [1.165, 1.54) is 12.8 Å². The highest BCUT2D eigenvalue weighted by Gasteiger charge is 2.26. The van der Waals surface area contributed by atoms with E-state index in [1.807, 2.05) is 6.92 Å². The first-order chi connectivity index (χ1) is 7.22. The van der Waals surface area contributed by atoms with Gasteiger partial charge < -0.3 is 10.1 Å². The second-order valence-corrected chi connectivity index (χ2v) is 4.01. The average Bonchev–Trinajstić information content (AvgIpc) is 2.86. The SMILES string of the molecule is CCc1nc(C2CCCC2)[nH]c1[N+](=O)[O-]. The van der Waals surface area contributed by atoms with Crippen molar-refractivity contribution in [2.45, 2.75) is 44.9 Å². The Balaban J connectivity index is 2.29. The van der Waals surface area contributed by atoms with Gasteiger partial charge >= 0.3 is 5.82 Å². The van der Waals surface area contributed by atoms with Crippen molar-refractivity contribution in [1.82, 2.24) is 9.97 Å². The van der Waals surface area contributed by atoms with E-state index in [1.54, 1.807) is 0 Å². The van der Waals surface area contributed by atoms with Crippen LogP contribution in [0.1, 0.15) is 50.0 Å². The number of nitro groups is 1. The number of aryl methyl sites for hydroxylation is 1. The van der Waals surface area contributed by atoms with Gasteiger partial charge in [0.05, 0.1) is 0 Å². The minimum atomic E-state index is -0.371. The highest BCUT2D eigenvalue weighted by atomic mass is 16.6. The molecule has 15 heavy (non-hydrogen) atoms. The summed E-state index contributed by atoms with van der Waals surface area (Å²) in [4.78, 5) is 17.6. The number of nitrogens with zero attached hydrogens (tertiary/aromatic N) is 2. The molecule has 0 amide bonds. The molecule has 0 unspecified atom stereocenters. The summed E-state index contributed by atoms with van der Waals surface area (Å²) in [6, 6.07) is 0. The monoisotopic (exact) mass is 209 g/mol. The lowest BCUT2D eigenvalue weighted by molar-refractivity contribution is -0.390. The average molecular weight is 209 g/mol. The summed E-state index contributed by atoms with van der Waals surface area (Å²) in [5, 5.41) is 10.7. The van der Waals surface area contributed by atoms with Gasteiger partial charge in [0, 0.05) is 5.92 Å². The Bertz CT molecular complexity index is 367. The molecule has 0 aliphatic heterocycles. The number of H-pyrrole nitrogens is 1. The summed E-state index contributed by atoms with van der Waals surface area (Å²) >= 11 is 0. The van der Waals surface area contributed by atoms with E-state index < -0.39 is 0 Å². The van der Waals surface area contributed by atoms with Crippen molar-refractivity contribution < 1.29 is 4.92 Å².